The SMILES string of the molecule is O=C(N=c1ccn(-c2ccccc2)nc1)c1ccc(C(F)(F)F)cc1. The van der Waals surface area contributed by atoms with Gasteiger partial charge in [-0.3, -0.25) is 4.79 Å². The molecule has 4 nitrogen and oxygen atoms in total. The maximum Gasteiger partial charge on any atom is 0.416 e. The minimum Gasteiger partial charge on any atom is -0.267 e. The summed E-state index contributed by atoms with van der Waals surface area (Å²) >= 11 is 0. The molecule has 2 aromatic carbocycles. The molecule has 1 amide bonds. The molecule has 0 aliphatic heterocycles. The van der Waals surface area contributed by atoms with E-state index >= 15 is 0 Å². The Hall–Kier alpha value is -3.22. The molecule has 0 saturated carbocycles. The predicted molar refractivity (Wildman–Crippen MR) is 84.9 cm³/mol. The molecule has 0 fully saturated rings. The van der Waals surface area contributed by atoms with Crippen molar-refractivity contribution >= 4 is 5.91 Å². The Morgan fingerprint density at radius 1 is 0.960 bits per heavy atom. The van der Waals surface area contributed by atoms with Crippen LogP contribution < -0.4 is 5.36 Å². The highest BCUT2D eigenvalue weighted by atomic mass is 19.4. The van der Waals surface area contributed by atoms with Crippen LogP contribution in [0.1, 0.15) is 15.9 Å². The molecule has 0 aliphatic rings. The van der Waals surface area contributed by atoms with E-state index in [0.717, 1.165) is 30.0 Å². The van der Waals surface area contributed by atoms with Crippen LogP contribution >= 0.6 is 0 Å². The van der Waals surface area contributed by atoms with Gasteiger partial charge in [-0.1, -0.05) is 18.2 Å². The molecular weight excluding hydrogens is 331 g/mol. The first-order valence-corrected chi connectivity index (χ1v) is 7.30. The molecule has 0 aliphatic carbocycles. The van der Waals surface area contributed by atoms with Gasteiger partial charge in [-0.05, 0) is 42.5 Å². The molecule has 0 N–H and O–H groups in total. The van der Waals surface area contributed by atoms with Crippen LogP contribution in [-0.2, 0) is 6.18 Å². The number of hydrogen-bond donors (Lipinski definition) is 0. The van der Waals surface area contributed by atoms with E-state index < -0.39 is 17.6 Å². The van der Waals surface area contributed by atoms with Crippen LogP contribution in [0.5, 0.6) is 0 Å². The van der Waals surface area contributed by atoms with Crippen molar-refractivity contribution in [3.63, 3.8) is 0 Å². The van der Waals surface area contributed by atoms with Crippen LogP contribution in [0.25, 0.3) is 5.69 Å². The predicted octanol–water partition coefficient (Wildman–Crippen LogP) is 3.63. The quantitative estimate of drug-likeness (QED) is 0.713. The Labute approximate surface area is 140 Å². The van der Waals surface area contributed by atoms with Crippen molar-refractivity contribution in [1.29, 1.82) is 0 Å². The smallest absolute Gasteiger partial charge is 0.267 e. The monoisotopic (exact) mass is 343 g/mol. The van der Waals surface area contributed by atoms with E-state index in [0.29, 0.717) is 5.36 Å². The first-order valence-electron chi connectivity index (χ1n) is 7.30. The molecule has 0 radical (unpaired) electrons. The van der Waals surface area contributed by atoms with Crippen LogP contribution in [0.4, 0.5) is 13.2 Å². The van der Waals surface area contributed by atoms with Crippen LogP contribution in [-0.4, -0.2) is 15.7 Å². The standard InChI is InChI=1S/C18H12F3N3O/c19-18(20,21)14-8-6-13(7-9-14)17(25)23-15-10-11-24(22-12-15)16-4-2-1-3-5-16/h1-12H. The van der Waals surface area contributed by atoms with Crippen molar-refractivity contribution in [2.24, 2.45) is 4.99 Å². The van der Waals surface area contributed by atoms with Gasteiger partial charge in [-0.2, -0.15) is 18.3 Å². The van der Waals surface area contributed by atoms with E-state index in [1.807, 2.05) is 30.3 Å². The Morgan fingerprint density at radius 2 is 1.64 bits per heavy atom. The van der Waals surface area contributed by atoms with Crippen molar-refractivity contribution in [3.8, 4) is 5.69 Å². The molecule has 0 atom stereocenters. The van der Waals surface area contributed by atoms with Gasteiger partial charge in [0.15, 0.2) is 0 Å². The van der Waals surface area contributed by atoms with Crippen LogP contribution in [0, 0.1) is 0 Å². The lowest BCUT2D eigenvalue weighted by Crippen LogP contribution is -2.11. The van der Waals surface area contributed by atoms with Crippen LogP contribution in [0.2, 0.25) is 0 Å². The maximum absolute atomic E-state index is 12.5. The van der Waals surface area contributed by atoms with Gasteiger partial charge in [0.2, 0.25) is 0 Å². The zero-order valence-corrected chi connectivity index (χ0v) is 12.8. The number of halogens is 3. The minimum atomic E-state index is -4.44. The van der Waals surface area contributed by atoms with Crippen molar-refractivity contribution < 1.29 is 18.0 Å². The van der Waals surface area contributed by atoms with E-state index in [1.54, 1.807) is 16.9 Å². The highest BCUT2D eigenvalue weighted by Gasteiger charge is 2.30. The number of alkyl halides is 3. The summed E-state index contributed by atoms with van der Waals surface area (Å²) in [5.74, 6) is -0.631. The summed E-state index contributed by atoms with van der Waals surface area (Å²) in [6.07, 6.45) is -1.38. The second kappa shape index (κ2) is 6.72. The number of amides is 1. The van der Waals surface area contributed by atoms with E-state index in [4.69, 9.17) is 0 Å². The number of para-hydroxylation sites is 1. The van der Waals surface area contributed by atoms with E-state index in [1.165, 1.54) is 6.20 Å². The fourth-order valence-electron chi connectivity index (χ4n) is 2.13. The van der Waals surface area contributed by atoms with Crippen molar-refractivity contribution in [2.45, 2.75) is 6.18 Å². The molecule has 1 heterocycles. The average Bonchev–Trinajstić information content (AvgIpc) is 2.62. The van der Waals surface area contributed by atoms with Gasteiger partial charge in [-0.15, -0.1) is 0 Å². The molecule has 3 aromatic rings. The van der Waals surface area contributed by atoms with Gasteiger partial charge in [-0.25, -0.2) is 9.67 Å². The second-order valence-corrected chi connectivity index (χ2v) is 5.16. The Morgan fingerprint density at radius 3 is 2.20 bits per heavy atom. The summed E-state index contributed by atoms with van der Waals surface area (Å²) in [4.78, 5) is 15.9. The second-order valence-electron chi connectivity index (χ2n) is 5.16. The number of carbonyl (C=O) groups is 1. The molecule has 0 spiro atoms. The number of nitrogens with zero attached hydrogens (tertiary/aromatic N) is 3. The molecule has 0 saturated heterocycles. The van der Waals surface area contributed by atoms with E-state index in [2.05, 4.69) is 10.1 Å². The Balaban J connectivity index is 1.82. The van der Waals surface area contributed by atoms with Crippen LogP contribution in [0.15, 0.2) is 78.0 Å². The summed E-state index contributed by atoms with van der Waals surface area (Å²) in [7, 11) is 0. The van der Waals surface area contributed by atoms with Gasteiger partial charge in [0.05, 0.1) is 22.8 Å². The van der Waals surface area contributed by atoms with Gasteiger partial charge in [0, 0.05) is 11.8 Å². The largest absolute Gasteiger partial charge is 0.416 e. The zero-order chi connectivity index (χ0) is 17.9. The number of rotatable bonds is 2. The highest BCUT2D eigenvalue weighted by molar-refractivity contribution is 5.94. The third-order valence-corrected chi connectivity index (χ3v) is 3.41. The summed E-state index contributed by atoms with van der Waals surface area (Å²) in [6, 6.07) is 14.9. The minimum absolute atomic E-state index is 0.0767. The lowest BCUT2D eigenvalue weighted by Gasteiger charge is -2.06. The number of benzene rings is 2. The first-order chi connectivity index (χ1) is 11.9. The molecule has 0 unspecified atom stereocenters. The third-order valence-electron chi connectivity index (χ3n) is 3.41. The third kappa shape index (κ3) is 4.00. The Bertz CT molecular complexity index is 925. The van der Waals surface area contributed by atoms with Crippen molar-refractivity contribution in [2.75, 3.05) is 0 Å². The summed E-state index contributed by atoms with van der Waals surface area (Å²) < 4.78 is 39.2. The van der Waals surface area contributed by atoms with Gasteiger partial charge in [0.25, 0.3) is 5.91 Å². The van der Waals surface area contributed by atoms with Gasteiger partial charge in [0.1, 0.15) is 0 Å². The topological polar surface area (TPSA) is 47.2 Å². The molecule has 1 aromatic heterocycles. The molecule has 0 bridgehead atoms. The first kappa shape index (κ1) is 16.6. The average molecular weight is 343 g/mol. The lowest BCUT2D eigenvalue weighted by molar-refractivity contribution is -0.137. The molecule has 7 heteroatoms. The normalized spacial score (nSPS) is 12.2. The van der Waals surface area contributed by atoms with E-state index in [9.17, 15) is 18.0 Å². The highest BCUT2D eigenvalue weighted by Crippen LogP contribution is 2.29. The zero-order valence-electron chi connectivity index (χ0n) is 12.8. The fraction of sp³-hybridized carbons (Fsp3) is 0.0556. The van der Waals surface area contributed by atoms with E-state index in [-0.39, 0.29) is 5.56 Å². The summed E-state index contributed by atoms with van der Waals surface area (Å²) in [5.41, 5.74) is 0.116. The number of carbonyl (C=O) groups excluding carboxylic acids is 1. The summed E-state index contributed by atoms with van der Waals surface area (Å²) in [6.45, 7) is 0. The number of hydrogen-bond acceptors (Lipinski definition) is 2. The lowest BCUT2D eigenvalue weighted by atomic mass is 10.1. The van der Waals surface area contributed by atoms with Crippen molar-refractivity contribution in [1.82, 2.24) is 9.78 Å². The maximum atomic E-state index is 12.5. The summed E-state index contributed by atoms with van der Waals surface area (Å²) in [5, 5.41) is 4.48. The molecule has 126 valence electrons. The van der Waals surface area contributed by atoms with Crippen molar-refractivity contribution in [3.05, 3.63) is 89.5 Å². The Kier molecular flexibility index (Phi) is 4.47. The number of aromatic nitrogens is 2. The molecular formula is C18H12F3N3O. The van der Waals surface area contributed by atoms with Gasteiger partial charge < -0.3 is 0 Å². The fourth-order valence-corrected chi connectivity index (χ4v) is 2.13. The molecule has 3 rings (SSSR count). The van der Waals surface area contributed by atoms with Crippen LogP contribution in [0.3, 0.4) is 0 Å². The van der Waals surface area contributed by atoms with Gasteiger partial charge >= 0.3 is 6.18 Å². The molecule has 25 heavy (non-hydrogen) atoms.